The van der Waals surface area contributed by atoms with Gasteiger partial charge in [-0.25, -0.2) is 0 Å². The molecule has 2 saturated heterocycles. The molecule has 3 heteroatoms. The summed E-state index contributed by atoms with van der Waals surface area (Å²) in [7, 11) is 4.04. The van der Waals surface area contributed by atoms with E-state index in [0.717, 1.165) is 32.5 Å². The van der Waals surface area contributed by atoms with Crippen LogP contribution in [-0.4, -0.2) is 49.4 Å². The Labute approximate surface area is 107 Å². The third-order valence-electron chi connectivity index (χ3n) is 3.49. The molecular weight excluding hydrogens is 212 g/mol. The molecule has 2 heterocycles. The minimum atomic E-state index is -0.0122. The number of carbonyl (C=O) groups is 1. The van der Waals surface area contributed by atoms with Crippen LogP contribution in [0.1, 0.15) is 47.0 Å². The molecule has 2 rings (SSSR count). The summed E-state index contributed by atoms with van der Waals surface area (Å²) in [5.41, 5.74) is -0.0122. The maximum atomic E-state index is 12.0. The highest BCUT2D eigenvalue weighted by Crippen LogP contribution is 2.38. The second-order valence-corrected chi connectivity index (χ2v) is 4.60. The van der Waals surface area contributed by atoms with E-state index in [-0.39, 0.29) is 5.41 Å². The van der Waals surface area contributed by atoms with Crippen molar-refractivity contribution < 1.29 is 4.79 Å². The zero-order valence-electron chi connectivity index (χ0n) is 12.5. The molecule has 1 amide bonds. The lowest BCUT2D eigenvalue weighted by atomic mass is 9.78. The van der Waals surface area contributed by atoms with E-state index in [1.807, 2.05) is 39.6 Å². The molecular formula is C14H30N2O. The van der Waals surface area contributed by atoms with Crippen molar-refractivity contribution in [3.63, 3.8) is 0 Å². The van der Waals surface area contributed by atoms with Crippen LogP contribution in [0.3, 0.4) is 0 Å². The van der Waals surface area contributed by atoms with Crippen molar-refractivity contribution in [2.75, 3.05) is 33.7 Å². The van der Waals surface area contributed by atoms with Gasteiger partial charge in [0.2, 0.25) is 5.91 Å². The van der Waals surface area contributed by atoms with Crippen molar-refractivity contribution in [1.29, 1.82) is 0 Å². The van der Waals surface area contributed by atoms with E-state index >= 15 is 0 Å². The van der Waals surface area contributed by atoms with Gasteiger partial charge in [-0.1, -0.05) is 27.7 Å². The Bertz CT molecular complexity index is 226. The Kier molecular flexibility index (Phi) is 7.44. The molecule has 0 radical (unpaired) electrons. The SMILES string of the molecule is CC.CC.CN1CC[C@]2(CCCN(C)C2=O)C1. The van der Waals surface area contributed by atoms with Crippen molar-refractivity contribution >= 4 is 5.91 Å². The van der Waals surface area contributed by atoms with E-state index < -0.39 is 0 Å². The van der Waals surface area contributed by atoms with Crippen LogP contribution in [0.4, 0.5) is 0 Å². The Balaban J connectivity index is 0.000000581. The summed E-state index contributed by atoms with van der Waals surface area (Å²) in [4.78, 5) is 16.2. The van der Waals surface area contributed by atoms with Crippen LogP contribution in [0.2, 0.25) is 0 Å². The largest absolute Gasteiger partial charge is 0.345 e. The Hall–Kier alpha value is -0.570. The normalized spacial score (nSPS) is 28.4. The summed E-state index contributed by atoms with van der Waals surface area (Å²) in [6, 6.07) is 0. The number of hydrogen-bond acceptors (Lipinski definition) is 2. The molecule has 1 atom stereocenters. The summed E-state index contributed by atoms with van der Waals surface area (Å²) in [6.07, 6.45) is 3.34. The van der Waals surface area contributed by atoms with Crippen molar-refractivity contribution in [3.8, 4) is 0 Å². The first-order valence-electron chi connectivity index (χ1n) is 7.08. The predicted molar refractivity (Wildman–Crippen MR) is 74.1 cm³/mol. The van der Waals surface area contributed by atoms with Crippen LogP contribution in [0.5, 0.6) is 0 Å². The quantitative estimate of drug-likeness (QED) is 0.652. The average Bonchev–Trinajstić information content (AvgIpc) is 2.74. The Morgan fingerprint density at radius 3 is 2.06 bits per heavy atom. The number of nitrogens with zero attached hydrogens (tertiary/aromatic N) is 2. The molecule has 1 spiro atoms. The van der Waals surface area contributed by atoms with Gasteiger partial charge < -0.3 is 9.80 Å². The van der Waals surface area contributed by atoms with Crippen molar-refractivity contribution in [2.45, 2.75) is 47.0 Å². The third-order valence-corrected chi connectivity index (χ3v) is 3.49. The summed E-state index contributed by atoms with van der Waals surface area (Å²) in [6.45, 7) is 11.0. The Morgan fingerprint density at radius 2 is 1.59 bits per heavy atom. The molecule has 0 unspecified atom stereocenters. The number of carbonyl (C=O) groups excluding carboxylic acids is 1. The fraction of sp³-hybridized carbons (Fsp3) is 0.929. The molecule has 2 aliphatic rings. The van der Waals surface area contributed by atoms with Gasteiger partial charge in [-0.3, -0.25) is 4.79 Å². The Morgan fingerprint density at radius 1 is 1.00 bits per heavy atom. The van der Waals surface area contributed by atoms with E-state index in [1.165, 1.54) is 6.42 Å². The van der Waals surface area contributed by atoms with Gasteiger partial charge in [-0.05, 0) is 32.9 Å². The van der Waals surface area contributed by atoms with E-state index in [4.69, 9.17) is 0 Å². The highest BCUT2D eigenvalue weighted by atomic mass is 16.2. The van der Waals surface area contributed by atoms with Crippen LogP contribution in [0, 0.1) is 5.41 Å². The summed E-state index contributed by atoms with van der Waals surface area (Å²) in [5.74, 6) is 0.378. The summed E-state index contributed by atoms with van der Waals surface area (Å²) >= 11 is 0. The van der Waals surface area contributed by atoms with Crippen molar-refractivity contribution in [3.05, 3.63) is 0 Å². The molecule has 2 fully saturated rings. The molecule has 0 saturated carbocycles. The zero-order valence-corrected chi connectivity index (χ0v) is 12.5. The first-order chi connectivity index (χ1) is 8.14. The first-order valence-corrected chi connectivity index (χ1v) is 7.08. The van der Waals surface area contributed by atoms with Gasteiger partial charge in [0.25, 0.3) is 0 Å². The number of hydrogen-bond donors (Lipinski definition) is 0. The van der Waals surface area contributed by atoms with Gasteiger partial charge in [0.1, 0.15) is 0 Å². The molecule has 102 valence electrons. The number of likely N-dealkylation sites (tertiary alicyclic amines) is 2. The van der Waals surface area contributed by atoms with Crippen molar-refractivity contribution in [1.82, 2.24) is 9.80 Å². The van der Waals surface area contributed by atoms with Gasteiger partial charge >= 0.3 is 0 Å². The average molecular weight is 242 g/mol. The molecule has 0 aromatic heterocycles. The number of piperidine rings is 1. The van der Waals surface area contributed by atoms with E-state index in [9.17, 15) is 4.79 Å². The van der Waals surface area contributed by atoms with E-state index in [2.05, 4.69) is 11.9 Å². The topological polar surface area (TPSA) is 23.6 Å². The van der Waals surface area contributed by atoms with Gasteiger partial charge in [0.05, 0.1) is 5.41 Å². The first kappa shape index (κ1) is 16.4. The standard InChI is InChI=1S/C10H18N2O.2C2H6/c1-11-7-5-10(8-11)4-3-6-12(2)9(10)13;2*1-2/h3-8H2,1-2H3;2*1-2H3/t10-;;/m1../s1. The van der Waals surface area contributed by atoms with Crippen molar-refractivity contribution in [2.24, 2.45) is 5.41 Å². The van der Waals surface area contributed by atoms with E-state index in [0.29, 0.717) is 5.91 Å². The second kappa shape index (κ2) is 7.70. The van der Waals surface area contributed by atoms with E-state index in [1.54, 1.807) is 0 Å². The summed E-state index contributed by atoms with van der Waals surface area (Å²) in [5, 5.41) is 0. The zero-order chi connectivity index (χ0) is 13.5. The smallest absolute Gasteiger partial charge is 0.229 e. The highest BCUT2D eigenvalue weighted by molar-refractivity contribution is 5.83. The highest BCUT2D eigenvalue weighted by Gasteiger charge is 2.46. The maximum Gasteiger partial charge on any atom is 0.229 e. The minimum Gasteiger partial charge on any atom is -0.345 e. The van der Waals surface area contributed by atoms with Crippen LogP contribution in [-0.2, 0) is 4.79 Å². The molecule has 3 nitrogen and oxygen atoms in total. The second-order valence-electron chi connectivity index (χ2n) is 4.60. The maximum absolute atomic E-state index is 12.0. The minimum absolute atomic E-state index is 0.0122. The fourth-order valence-corrected chi connectivity index (χ4v) is 2.73. The van der Waals surface area contributed by atoms with Gasteiger partial charge in [-0.2, -0.15) is 0 Å². The van der Waals surface area contributed by atoms with Gasteiger partial charge in [0, 0.05) is 20.1 Å². The molecule has 0 aromatic rings. The lowest BCUT2D eigenvalue weighted by molar-refractivity contribution is -0.143. The van der Waals surface area contributed by atoms with Crippen LogP contribution in [0.15, 0.2) is 0 Å². The van der Waals surface area contributed by atoms with Crippen LogP contribution in [0.25, 0.3) is 0 Å². The van der Waals surface area contributed by atoms with Gasteiger partial charge in [-0.15, -0.1) is 0 Å². The molecule has 17 heavy (non-hydrogen) atoms. The van der Waals surface area contributed by atoms with Gasteiger partial charge in [0.15, 0.2) is 0 Å². The molecule has 0 N–H and O–H groups in total. The number of amides is 1. The molecule has 0 bridgehead atoms. The lowest BCUT2D eigenvalue weighted by Crippen LogP contribution is -2.48. The summed E-state index contributed by atoms with van der Waals surface area (Å²) < 4.78 is 0. The fourth-order valence-electron chi connectivity index (χ4n) is 2.73. The number of rotatable bonds is 0. The van der Waals surface area contributed by atoms with Crippen LogP contribution < -0.4 is 0 Å². The lowest BCUT2D eigenvalue weighted by Gasteiger charge is -2.37. The molecule has 2 aliphatic heterocycles. The predicted octanol–water partition coefficient (Wildman–Crippen LogP) is 2.61. The monoisotopic (exact) mass is 242 g/mol. The third kappa shape index (κ3) is 3.70. The van der Waals surface area contributed by atoms with Crippen LogP contribution >= 0.6 is 0 Å². The molecule has 0 aromatic carbocycles. The molecule has 0 aliphatic carbocycles.